The first-order chi connectivity index (χ1) is 7.66. The van der Waals surface area contributed by atoms with Gasteiger partial charge in [0, 0.05) is 15.6 Å². The molecule has 2 rings (SSSR count). The maximum Gasteiger partial charge on any atom is 0.147 e. The predicted octanol–water partition coefficient (Wildman–Crippen LogP) is 3.73. The summed E-state index contributed by atoms with van der Waals surface area (Å²) in [5.41, 5.74) is 6.88. The molecule has 2 aromatic rings. The lowest BCUT2D eigenvalue weighted by molar-refractivity contribution is 0.630. The van der Waals surface area contributed by atoms with Crippen LogP contribution in [0.15, 0.2) is 29.6 Å². The van der Waals surface area contributed by atoms with Gasteiger partial charge in [-0.2, -0.15) is 0 Å². The third-order valence-electron chi connectivity index (χ3n) is 2.15. The minimum atomic E-state index is -0.359. The van der Waals surface area contributed by atoms with Crippen molar-refractivity contribution in [3.8, 4) is 0 Å². The van der Waals surface area contributed by atoms with E-state index in [0.29, 0.717) is 17.3 Å². The zero-order valence-corrected chi connectivity index (χ0v) is 9.91. The van der Waals surface area contributed by atoms with Gasteiger partial charge in [0.05, 0.1) is 12.2 Å². The van der Waals surface area contributed by atoms with Crippen LogP contribution in [-0.2, 0) is 6.54 Å². The maximum atomic E-state index is 13.4. The number of rotatable bonds is 3. The SMILES string of the molecule is Nc1ccsc1CNc1ccc(Cl)cc1F. The third-order valence-corrected chi connectivity index (χ3v) is 3.32. The topological polar surface area (TPSA) is 38.0 Å². The molecule has 0 fully saturated rings. The Morgan fingerprint density at radius 3 is 2.81 bits per heavy atom. The molecule has 16 heavy (non-hydrogen) atoms. The van der Waals surface area contributed by atoms with Gasteiger partial charge < -0.3 is 11.1 Å². The smallest absolute Gasteiger partial charge is 0.147 e. The van der Waals surface area contributed by atoms with E-state index < -0.39 is 0 Å². The number of nitrogens with one attached hydrogen (secondary N) is 1. The molecule has 0 unspecified atom stereocenters. The van der Waals surface area contributed by atoms with E-state index in [4.69, 9.17) is 17.3 Å². The fourth-order valence-electron chi connectivity index (χ4n) is 1.30. The third kappa shape index (κ3) is 2.46. The number of hydrogen-bond acceptors (Lipinski definition) is 3. The van der Waals surface area contributed by atoms with Gasteiger partial charge in [-0.15, -0.1) is 11.3 Å². The van der Waals surface area contributed by atoms with Gasteiger partial charge in [-0.25, -0.2) is 4.39 Å². The summed E-state index contributed by atoms with van der Waals surface area (Å²) in [7, 11) is 0. The summed E-state index contributed by atoms with van der Waals surface area (Å²) in [6.07, 6.45) is 0. The van der Waals surface area contributed by atoms with Gasteiger partial charge in [-0.1, -0.05) is 11.6 Å². The van der Waals surface area contributed by atoms with Crippen molar-refractivity contribution >= 4 is 34.3 Å². The molecule has 1 heterocycles. The van der Waals surface area contributed by atoms with Gasteiger partial charge in [0.25, 0.3) is 0 Å². The zero-order chi connectivity index (χ0) is 11.5. The summed E-state index contributed by atoms with van der Waals surface area (Å²) in [5, 5.41) is 5.28. The molecule has 0 spiro atoms. The van der Waals surface area contributed by atoms with Gasteiger partial charge in [0.2, 0.25) is 0 Å². The minimum absolute atomic E-state index is 0.359. The molecule has 1 aromatic carbocycles. The predicted molar refractivity (Wildman–Crippen MR) is 67.5 cm³/mol. The highest BCUT2D eigenvalue weighted by molar-refractivity contribution is 7.10. The lowest BCUT2D eigenvalue weighted by atomic mass is 10.3. The van der Waals surface area contributed by atoms with Crippen molar-refractivity contribution in [2.24, 2.45) is 0 Å². The molecule has 0 radical (unpaired) electrons. The van der Waals surface area contributed by atoms with Crippen LogP contribution in [0.25, 0.3) is 0 Å². The monoisotopic (exact) mass is 256 g/mol. The van der Waals surface area contributed by atoms with Crippen LogP contribution in [0.2, 0.25) is 5.02 Å². The number of hydrogen-bond donors (Lipinski definition) is 2. The van der Waals surface area contributed by atoms with Crippen molar-refractivity contribution in [1.29, 1.82) is 0 Å². The molecular formula is C11H10ClFN2S. The van der Waals surface area contributed by atoms with E-state index in [1.807, 2.05) is 11.4 Å². The fourth-order valence-corrected chi connectivity index (χ4v) is 2.20. The molecule has 1 aromatic heterocycles. The molecule has 3 N–H and O–H groups in total. The highest BCUT2D eigenvalue weighted by atomic mass is 35.5. The standard InChI is InChI=1S/C11H10ClFN2S/c12-7-1-2-10(8(13)5-7)15-6-11-9(14)3-4-16-11/h1-5,15H,6,14H2. The van der Waals surface area contributed by atoms with E-state index >= 15 is 0 Å². The summed E-state index contributed by atoms with van der Waals surface area (Å²) in [6, 6.07) is 6.37. The van der Waals surface area contributed by atoms with Gasteiger partial charge in [0.15, 0.2) is 0 Å². The number of nitrogen functional groups attached to an aromatic ring is 1. The molecule has 5 heteroatoms. The van der Waals surface area contributed by atoms with Crippen molar-refractivity contribution in [3.63, 3.8) is 0 Å². The molecule has 0 aliphatic heterocycles. The first kappa shape index (κ1) is 11.2. The summed E-state index contributed by atoms with van der Waals surface area (Å²) < 4.78 is 13.4. The van der Waals surface area contributed by atoms with E-state index in [2.05, 4.69) is 5.32 Å². The van der Waals surface area contributed by atoms with Gasteiger partial charge >= 0.3 is 0 Å². The van der Waals surface area contributed by atoms with E-state index in [-0.39, 0.29) is 5.82 Å². The molecule has 0 bridgehead atoms. The summed E-state index contributed by atoms with van der Waals surface area (Å²) in [6.45, 7) is 0.516. The normalized spacial score (nSPS) is 10.4. The van der Waals surface area contributed by atoms with Crippen LogP contribution in [0.3, 0.4) is 0 Å². The van der Waals surface area contributed by atoms with Gasteiger partial charge in [-0.05, 0) is 29.6 Å². The fraction of sp³-hybridized carbons (Fsp3) is 0.0909. The van der Waals surface area contributed by atoms with Gasteiger partial charge in [-0.3, -0.25) is 0 Å². The average molecular weight is 257 g/mol. The maximum absolute atomic E-state index is 13.4. The summed E-state index contributed by atoms with van der Waals surface area (Å²) in [4.78, 5) is 0.995. The Bertz CT molecular complexity index is 498. The Balaban J connectivity index is 2.08. The van der Waals surface area contributed by atoms with Crippen LogP contribution in [0.5, 0.6) is 0 Å². The Labute approximate surface area is 102 Å². The van der Waals surface area contributed by atoms with E-state index in [1.165, 1.54) is 6.07 Å². The molecule has 0 atom stereocenters. The summed E-state index contributed by atoms with van der Waals surface area (Å²) in [5.74, 6) is -0.359. The quantitative estimate of drug-likeness (QED) is 0.878. The molecular weight excluding hydrogens is 247 g/mol. The van der Waals surface area contributed by atoms with E-state index in [0.717, 1.165) is 10.6 Å². The second-order valence-corrected chi connectivity index (χ2v) is 4.71. The first-order valence-corrected chi connectivity index (χ1v) is 5.93. The minimum Gasteiger partial charge on any atom is -0.398 e. The van der Waals surface area contributed by atoms with Crippen molar-refractivity contribution in [2.75, 3.05) is 11.1 Å². The van der Waals surface area contributed by atoms with Crippen LogP contribution in [0.4, 0.5) is 15.8 Å². The molecule has 84 valence electrons. The number of anilines is 2. The van der Waals surface area contributed by atoms with Crippen molar-refractivity contribution in [2.45, 2.75) is 6.54 Å². The Morgan fingerprint density at radius 2 is 2.19 bits per heavy atom. The highest BCUT2D eigenvalue weighted by Gasteiger charge is 2.04. The lowest BCUT2D eigenvalue weighted by Crippen LogP contribution is -2.01. The number of benzene rings is 1. The van der Waals surface area contributed by atoms with Crippen LogP contribution in [0.1, 0.15) is 4.88 Å². The Morgan fingerprint density at radius 1 is 1.38 bits per heavy atom. The van der Waals surface area contributed by atoms with Gasteiger partial charge in [0.1, 0.15) is 5.82 Å². The Kier molecular flexibility index (Phi) is 3.31. The number of thiophene rings is 1. The zero-order valence-electron chi connectivity index (χ0n) is 8.34. The van der Waals surface area contributed by atoms with Crippen LogP contribution >= 0.6 is 22.9 Å². The molecule has 0 saturated carbocycles. The number of nitrogens with two attached hydrogens (primary N) is 1. The molecule has 0 aliphatic rings. The van der Waals surface area contributed by atoms with E-state index in [9.17, 15) is 4.39 Å². The van der Waals surface area contributed by atoms with Crippen LogP contribution < -0.4 is 11.1 Å². The second-order valence-electron chi connectivity index (χ2n) is 3.28. The molecule has 0 amide bonds. The number of halogens is 2. The molecule has 0 aliphatic carbocycles. The molecule has 2 nitrogen and oxygen atoms in total. The highest BCUT2D eigenvalue weighted by Crippen LogP contribution is 2.23. The van der Waals surface area contributed by atoms with E-state index in [1.54, 1.807) is 23.5 Å². The molecule has 0 saturated heterocycles. The lowest BCUT2D eigenvalue weighted by Gasteiger charge is -2.07. The first-order valence-electron chi connectivity index (χ1n) is 4.67. The van der Waals surface area contributed by atoms with Crippen molar-refractivity contribution in [1.82, 2.24) is 0 Å². The van der Waals surface area contributed by atoms with Crippen molar-refractivity contribution < 1.29 is 4.39 Å². The summed E-state index contributed by atoms with van der Waals surface area (Å²) >= 11 is 7.20. The van der Waals surface area contributed by atoms with Crippen LogP contribution in [-0.4, -0.2) is 0 Å². The second kappa shape index (κ2) is 4.72. The Hall–Kier alpha value is -1.26. The largest absolute Gasteiger partial charge is 0.398 e. The van der Waals surface area contributed by atoms with Crippen LogP contribution in [0, 0.1) is 5.82 Å². The average Bonchev–Trinajstić information content (AvgIpc) is 2.63. The van der Waals surface area contributed by atoms with Crippen molar-refractivity contribution in [3.05, 3.63) is 45.4 Å².